The molecule has 0 amide bonds. The maximum atomic E-state index is 4.36. The van der Waals surface area contributed by atoms with E-state index in [9.17, 15) is 0 Å². The molecule has 3 nitrogen and oxygen atoms in total. The van der Waals surface area contributed by atoms with Gasteiger partial charge in [-0.3, -0.25) is 4.98 Å². The molecule has 1 fully saturated rings. The summed E-state index contributed by atoms with van der Waals surface area (Å²) in [4.78, 5) is 6.94. The van der Waals surface area contributed by atoms with Gasteiger partial charge in [0, 0.05) is 30.9 Å². The van der Waals surface area contributed by atoms with E-state index in [1.54, 1.807) is 0 Å². The first-order chi connectivity index (χ1) is 9.51. The molecule has 0 radical (unpaired) electrons. The van der Waals surface area contributed by atoms with Crippen LogP contribution in [0.3, 0.4) is 0 Å². The van der Waals surface area contributed by atoms with Gasteiger partial charge >= 0.3 is 0 Å². The zero-order valence-corrected chi connectivity index (χ0v) is 13.4. The number of hydrogen-bond acceptors (Lipinski definition) is 3. The number of unbranched alkanes of at least 4 members (excludes halogenated alkanes) is 1. The molecule has 1 aliphatic rings. The molecule has 112 valence electrons. The average Bonchev–Trinajstić information content (AvgIpc) is 3.22. The van der Waals surface area contributed by atoms with Crippen molar-refractivity contribution in [2.75, 3.05) is 11.4 Å². The number of pyridine rings is 1. The molecular weight excluding hydrogens is 246 g/mol. The highest BCUT2D eigenvalue weighted by Gasteiger charge is 2.30. The average molecular weight is 275 g/mol. The van der Waals surface area contributed by atoms with Crippen LogP contribution in [0.2, 0.25) is 0 Å². The van der Waals surface area contributed by atoms with Gasteiger partial charge in [0.1, 0.15) is 0 Å². The summed E-state index contributed by atoms with van der Waals surface area (Å²) in [5.41, 5.74) is 2.85. The first-order valence-electron chi connectivity index (χ1n) is 7.96. The normalized spacial score (nSPS) is 15.4. The van der Waals surface area contributed by atoms with Gasteiger partial charge in [-0.2, -0.15) is 0 Å². The summed E-state index contributed by atoms with van der Waals surface area (Å²) in [5, 5.41) is 3.59. The van der Waals surface area contributed by atoms with Crippen LogP contribution in [0.15, 0.2) is 18.5 Å². The number of rotatable bonds is 7. The second-order valence-corrected chi connectivity index (χ2v) is 6.89. The molecule has 2 rings (SSSR count). The fourth-order valence-corrected chi connectivity index (χ4v) is 2.40. The van der Waals surface area contributed by atoms with Crippen LogP contribution in [0.25, 0.3) is 0 Å². The van der Waals surface area contributed by atoms with Crippen molar-refractivity contribution < 1.29 is 0 Å². The fourth-order valence-electron chi connectivity index (χ4n) is 2.40. The predicted molar refractivity (Wildman–Crippen MR) is 86.1 cm³/mol. The lowest BCUT2D eigenvalue weighted by Gasteiger charge is -2.28. The number of hydrogen-bond donors (Lipinski definition) is 1. The van der Waals surface area contributed by atoms with Gasteiger partial charge in [0.2, 0.25) is 0 Å². The first kappa shape index (κ1) is 15.3. The van der Waals surface area contributed by atoms with Crippen LogP contribution in [0, 0.1) is 0 Å². The summed E-state index contributed by atoms with van der Waals surface area (Å²) in [6.45, 7) is 11.0. The third kappa shape index (κ3) is 4.48. The van der Waals surface area contributed by atoms with E-state index in [2.05, 4.69) is 49.0 Å². The molecule has 0 aromatic carbocycles. The highest BCUT2D eigenvalue weighted by molar-refractivity contribution is 5.53. The minimum atomic E-state index is 0.147. The molecule has 0 aliphatic heterocycles. The molecule has 1 heterocycles. The smallest absolute Gasteiger partial charge is 0.0600 e. The minimum Gasteiger partial charge on any atom is -0.367 e. The van der Waals surface area contributed by atoms with Crippen molar-refractivity contribution in [2.45, 2.75) is 71.5 Å². The highest BCUT2D eigenvalue weighted by Crippen LogP contribution is 2.33. The maximum absolute atomic E-state index is 4.36. The Morgan fingerprint density at radius 1 is 1.35 bits per heavy atom. The SMILES string of the molecule is CCCCN(c1cnccc1CNC(C)(C)C)C1CC1. The summed E-state index contributed by atoms with van der Waals surface area (Å²) in [7, 11) is 0. The Labute approximate surface area is 123 Å². The fraction of sp³-hybridized carbons (Fsp3) is 0.706. The lowest BCUT2D eigenvalue weighted by molar-refractivity contribution is 0.424. The van der Waals surface area contributed by atoms with Crippen molar-refractivity contribution in [3.8, 4) is 0 Å². The van der Waals surface area contributed by atoms with Crippen molar-refractivity contribution in [2.24, 2.45) is 0 Å². The molecule has 0 atom stereocenters. The summed E-state index contributed by atoms with van der Waals surface area (Å²) < 4.78 is 0. The molecule has 0 spiro atoms. The zero-order valence-electron chi connectivity index (χ0n) is 13.4. The molecule has 1 saturated carbocycles. The van der Waals surface area contributed by atoms with Crippen molar-refractivity contribution in [3.63, 3.8) is 0 Å². The van der Waals surface area contributed by atoms with Crippen LogP contribution in [-0.2, 0) is 6.54 Å². The standard InChI is InChI=1S/C17H29N3/c1-5-6-11-20(15-7-8-15)16-13-18-10-9-14(16)12-19-17(2,3)4/h9-10,13,15,19H,5-8,11-12H2,1-4H3. The summed E-state index contributed by atoms with van der Waals surface area (Å²) in [5.74, 6) is 0. The van der Waals surface area contributed by atoms with Gasteiger partial charge in [0.25, 0.3) is 0 Å². The van der Waals surface area contributed by atoms with Gasteiger partial charge in [0.05, 0.1) is 11.9 Å². The van der Waals surface area contributed by atoms with Crippen LogP contribution < -0.4 is 10.2 Å². The Hall–Kier alpha value is -1.09. The predicted octanol–water partition coefficient (Wildman–Crippen LogP) is 3.74. The Balaban J connectivity index is 2.12. The third-order valence-electron chi connectivity index (χ3n) is 3.75. The van der Waals surface area contributed by atoms with Crippen molar-refractivity contribution >= 4 is 5.69 Å². The molecule has 1 aliphatic carbocycles. The van der Waals surface area contributed by atoms with Crippen molar-refractivity contribution in [1.82, 2.24) is 10.3 Å². The van der Waals surface area contributed by atoms with E-state index in [4.69, 9.17) is 0 Å². The van der Waals surface area contributed by atoms with E-state index in [0.29, 0.717) is 0 Å². The maximum Gasteiger partial charge on any atom is 0.0600 e. The van der Waals surface area contributed by atoms with Crippen molar-refractivity contribution in [3.05, 3.63) is 24.0 Å². The molecule has 3 heteroatoms. The second kappa shape index (κ2) is 6.57. The van der Waals surface area contributed by atoms with Gasteiger partial charge in [-0.25, -0.2) is 0 Å². The monoisotopic (exact) mass is 275 g/mol. The molecule has 1 N–H and O–H groups in total. The number of anilines is 1. The van der Waals surface area contributed by atoms with Gasteiger partial charge < -0.3 is 10.2 Å². The Kier molecular flexibility index (Phi) is 5.03. The van der Waals surface area contributed by atoms with E-state index in [1.807, 2.05) is 12.4 Å². The van der Waals surface area contributed by atoms with Crippen LogP contribution in [0.5, 0.6) is 0 Å². The molecule has 1 aromatic rings. The lowest BCUT2D eigenvalue weighted by atomic mass is 10.1. The summed E-state index contributed by atoms with van der Waals surface area (Å²) in [6.07, 6.45) is 9.15. The number of nitrogens with one attached hydrogen (secondary N) is 1. The van der Waals surface area contributed by atoms with E-state index in [0.717, 1.165) is 19.1 Å². The van der Waals surface area contributed by atoms with E-state index in [1.165, 1.54) is 36.9 Å². The highest BCUT2D eigenvalue weighted by atomic mass is 15.2. The molecule has 1 aromatic heterocycles. The quantitative estimate of drug-likeness (QED) is 0.821. The lowest BCUT2D eigenvalue weighted by Crippen LogP contribution is -2.36. The molecular formula is C17H29N3. The topological polar surface area (TPSA) is 28.2 Å². The molecule has 0 bridgehead atoms. The largest absolute Gasteiger partial charge is 0.367 e. The minimum absolute atomic E-state index is 0.147. The van der Waals surface area contributed by atoms with Crippen LogP contribution in [0.4, 0.5) is 5.69 Å². The Bertz CT molecular complexity index is 418. The van der Waals surface area contributed by atoms with Crippen molar-refractivity contribution in [1.29, 1.82) is 0 Å². The molecule has 0 unspecified atom stereocenters. The summed E-state index contributed by atoms with van der Waals surface area (Å²) in [6, 6.07) is 2.91. The second-order valence-electron chi connectivity index (χ2n) is 6.89. The number of aromatic nitrogens is 1. The van der Waals surface area contributed by atoms with Gasteiger partial charge in [-0.15, -0.1) is 0 Å². The summed E-state index contributed by atoms with van der Waals surface area (Å²) >= 11 is 0. The van der Waals surface area contributed by atoms with E-state index < -0.39 is 0 Å². The Morgan fingerprint density at radius 3 is 2.70 bits per heavy atom. The third-order valence-corrected chi connectivity index (χ3v) is 3.75. The molecule has 20 heavy (non-hydrogen) atoms. The molecule has 0 saturated heterocycles. The Morgan fingerprint density at radius 2 is 2.10 bits per heavy atom. The first-order valence-corrected chi connectivity index (χ1v) is 7.96. The zero-order chi connectivity index (χ0) is 14.6. The van der Waals surface area contributed by atoms with Crippen LogP contribution in [-0.4, -0.2) is 23.1 Å². The van der Waals surface area contributed by atoms with E-state index >= 15 is 0 Å². The van der Waals surface area contributed by atoms with Gasteiger partial charge in [0.15, 0.2) is 0 Å². The van der Waals surface area contributed by atoms with Crippen LogP contribution >= 0.6 is 0 Å². The van der Waals surface area contributed by atoms with Gasteiger partial charge in [-0.05, 0) is 51.7 Å². The van der Waals surface area contributed by atoms with Gasteiger partial charge in [-0.1, -0.05) is 13.3 Å². The van der Waals surface area contributed by atoms with Crippen LogP contribution in [0.1, 0.15) is 58.9 Å². The number of nitrogens with zero attached hydrogens (tertiary/aromatic N) is 2. The van der Waals surface area contributed by atoms with E-state index in [-0.39, 0.29) is 5.54 Å².